The van der Waals surface area contributed by atoms with Crippen LogP contribution in [-0.4, -0.2) is 79.2 Å². The number of ether oxygens (including phenoxy) is 2. The van der Waals surface area contributed by atoms with E-state index in [9.17, 15) is 22.8 Å². The number of likely N-dealkylation sites (tertiary alicyclic amines) is 1. The lowest BCUT2D eigenvalue weighted by Crippen LogP contribution is -2.50. The van der Waals surface area contributed by atoms with Crippen LogP contribution >= 0.6 is 11.3 Å². The molecule has 0 bridgehead atoms. The molecule has 0 spiro atoms. The number of hydrogen-bond acceptors (Lipinski definition) is 6. The van der Waals surface area contributed by atoms with E-state index >= 15 is 0 Å². The molecule has 2 aromatic rings. The molecule has 1 N–H and O–H groups in total. The number of benzene rings is 1. The van der Waals surface area contributed by atoms with Gasteiger partial charge in [-0.25, -0.2) is 0 Å². The van der Waals surface area contributed by atoms with Crippen LogP contribution in [0.4, 0.5) is 13.2 Å². The van der Waals surface area contributed by atoms with Crippen LogP contribution in [0.5, 0.6) is 0 Å². The summed E-state index contributed by atoms with van der Waals surface area (Å²) in [5.74, 6) is -0.866. The van der Waals surface area contributed by atoms with Crippen molar-refractivity contribution in [3.63, 3.8) is 0 Å². The molecule has 2 saturated heterocycles. The van der Waals surface area contributed by atoms with Crippen LogP contribution in [0, 0.1) is 0 Å². The Bertz CT molecular complexity index is 1240. The topological polar surface area (TPSA) is 71.1 Å². The molecule has 11 heteroatoms. The SMILES string of the molecule is O=C(CN1CCc2ccc(C(F)(F)F)cc2C1=O)NC1CN(C2CCCOCC2)CC1OC1CCc2ccsc21. The normalized spacial score (nSPS) is 27.4. The molecule has 7 nitrogen and oxygen atoms in total. The number of alkyl halides is 3. The van der Waals surface area contributed by atoms with E-state index < -0.39 is 17.6 Å². The van der Waals surface area contributed by atoms with Crippen LogP contribution in [0.3, 0.4) is 0 Å². The number of carbonyl (C=O) groups excluding carboxylic acids is 2. The van der Waals surface area contributed by atoms with E-state index in [4.69, 9.17) is 9.47 Å². The Labute approximate surface area is 235 Å². The molecule has 6 rings (SSSR count). The Morgan fingerprint density at radius 1 is 1.10 bits per heavy atom. The first-order chi connectivity index (χ1) is 19.3. The van der Waals surface area contributed by atoms with Crippen molar-refractivity contribution in [2.75, 3.05) is 39.4 Å². The number of nitrogens with one attached hydrogen (secondary N) is 1. The number of aryl methyl sites for hydroxylation is 1. The summed E-state index contributed by atoms with van der Waals surface area (Å²) >= 11 is 1.71. The third kappa shape index (κ3) is 5.79. The molecular weight excluding hydrogens is 543 g/mol. The minimum Gasteiger partial charge on any atom is -0.381 e. The van der Waals surface area contributed by atoms with Gasteiger partial charge in [0.25, 0.3) is 5.91 Å². The fourth-order valence-corrected chi connectivity index (χ4v) is 7.52. The zero-order valence-electron chi connectivity index (χ0n) is 22.3. The molecule has 0 radical (unpaired) electrons. The molecule has 4 heterocycles. The van der Waals surface area contributed by atoms with Crippen molar-refractivity contribution < 1.29 is 32.2 Å². The van der Waals surface area contributed by atoms with Gasteiger partial charge < -0.3 is 19.7 Å². The van der Waals surface area contributed by atoms with Gasteiger partial charge in [-0.05, 0) is 73.2 Å². The van der Waals surface area contributed by atoms with Crippen molar-refractivity contribution in [1.82, 2.24) is 15.1 Å². The Morgan fingerprint density at radius 2 is 1.98 bits per heavy atom. The third-order valence-corrected chi connectivity index (χ3v) is 9.66. The van der Waals surface area contributed by atoms with E-state index in [1.165, 1.54) is 21.4 Å². The molecule has 4 atom stereocenters. The second kappa shape index (κ2) is 11.4. The van der Waals surface area contributed by atoms with Gasteiger partial charge in [0.15, 0.2) is 0 Å². The molecular formula is C29H34F3N3O4S. The van der Waals surface area contributed by atoms with Crippen molar-refractivity contribution in [2.45, 2.75) is 69.0 Å². The maximum atomic E-state index is 13.3. The maximum Gasteiger partial charge on any atom is 0.416 e. The minimum absolute atomic E-state index is 0.0137. The molecule has 1 aromatic carbocycles. The van der Waals surface area contributed by atoms with E-state index in [0.29, 0.717) is 31.1 Å². The molecule has 216 valence electrons. The second-order valence-corrected chi connectivity index (χ2v) is 12.1. The highest BCUT2D eigenvalue weighted by Gasteiger charge is 2.41. The van der Waals surface area contributed by atoms with Crippen molar-refractivity contribution in [3.05, 3.63) is 56.8 Å². The number of amides is 2. The lowest BCUT2D eigenvalue weighted by molar-refractivity contribution is -0.137. The smallest absolute Gasteiger partial charge is 0.381 e. The van der Waals surface area contributed by atoms with E-state index in [0.717, 1.165) is 57.5 Å². The maximum absolute atomic E-state index is 13.3. The summed E-state index contributed by atoms with van der Waals surface area (Å²) < 4.78 is 52.0. The van der Waals surface area contributed by atoms with Gasteiger partial charge in [0, 0.05) is 49.3 Å². The Kier molecular flexibility index (Phi) is 7.91. The van der Waals surface area contributed by atoms with E-state index in [2.05, 4.69) is 21.7 Å². The molecule has 1 aromatic heterocycles. The molecule has 4 aliphatic rings. The molecule has 2 fully saturated rings. The Morgan fingerprint density at radius 3 is 2.83 bits per heavy atom. The Balaban J connectivity index is 1.13. The lowest BCUT2D eigenvalue weighted by atomic mass is 9.96. The minimum atomic E-state index is -4.54. The van der Waals surface area contributed by atoms with Crippen LogP contribution in [0.15, 0.2) is 29.6 Å². The quantitative estimate of drug-likeness (QED) is 0.557. The first-order valence-electron chi connectivity index (χ1n) is 14.1. The van der Waals surface area contributed by atoms with Gasteiger partial charge in [-0.3, -0.25) is 14.5 Å². The predicted octanol–water partition coefficient (Wildman–Crippen LogP) is 4.21. The summed E-state index contributed by atoms with van der Waals surface area (Å²) in [5, 5.41) is 5.22. The number of rotatable bonds is 6. The molecule has 40 heavy (non-hydrogen) atoms. The van der Waals surface area contributed by atoms with Crippen molar-refractivity contribution in [1.29, 1.82) is 0 Å². The zero-order valence-corrected chi connectivity index (χ0v) is 23.1. The average Bonchev–Trinajstić information content (AvgIpc) is 3.58. The molecule has 4 unspecified atom stereocenters. The summed E-state index contributed by atoms with van der Waals surface area (Å²) in [6, 6.07) is 5.54. The fourth-order valence-electron chi connectivity index (χ4n) is 6.50. The summed E-state index contributed by atoms with van der Waals surface area (Å²) in [6.07, 6.45) is 0.581. The van der Waals surface area contributed by atoms with Gasteiger partial charge in [0.1, 0.15) is 0 Å². The van der Waals surface area contributed by atoms with Crippen LogP contribution in [0.1, 0.15) is 63.7 Å². The van der Waals surface area contributed by atoms with Gasteiger partial charge in [-0.2, -0.15) is 13.2 Å². The number of nitrogens with zero attached hydrogens (tertiary/aromatic N) is 2. The number of hydrogen-bond donors (Lipinski definition) is 1. The van der Waals surface area contributed by atoms with E-state index in [1.807, 2.05) is 0 Å². The summed E-state index contributed by atoms with van der Waals surface area (Å²) in [6.45, 7) is 2.94. The van der Waals surface area contributed by atoms with Gasteiger partial charge in [-0.1, -0.05) is 6.07 Å². The second-order valence-electron chi connectivity index (χ2n) is 11.2. The number of carbonyl (C=O) groups is 2. The predicted molar refractivity (Wildman–Crippen MR) is 143 cm³/mol. The molecule has 0 saturated carbocycles. The van der Waals surface area contributed by atoms with E-state index in [-0.39, 0.29) is 42.8 Å². The van der Waals surface area contributed by atoms with Gasteiger partial charge in [0.2, 0.25) is 5.91 Å². The number of fused-ring (bicyclic) bond motifs is 2. The van der Waals surface area contributed by atoms with Crippen LogP contribution < -0.4 is 5.32 Å². The fraction of sp³-hybridized carbons (Fsp3) is 0.586. The molecule has 1 aliphatic carbocycles. The molecule has 3 aliphatic heterocycles. The number of halogens is 3. The van der Waals surface area contributed by atoms with Crippen molar-refractivity contribution >= 4 is 23.2 Å². The average molecular weight is 578 g/mol. The molecule has 2 amide bonds. The monoisotopic (exact) mass is 577 g/mol. The van der Waals surface area contributed by atoms with Crippen LogP contribution in [0.2, 0.25) is 0 Å². The zero-order chi connectivity index (χ0) is 27.9. The summed E-state index contributed by atoms with van der Waals surface area (Å²) in [4.78, 5) is 31.3. The van der Waals surface area contributed by atoms with E-state index in [1.54, 1.807) is 11.3 Å². The first-order valence-corrected chi connectivity index (χ1v) is 15.0. The van der Waals surface area contributed by atoms with Gasteiger partial charge >= 0.3 is 6.18 Å². The Hall–Kier alpha value is -2.47. The highest BCUT2D eigenvalue weighted by molar-refractivity contribution is 7.10. The van der Waals surface area contributed by atoms with Crippen LogP contribution in [0.25, 0.3) is 0 Å². The van der Waals surface area contributed by atoms with Crippen molar-refractivity contribution in [2.24, 2.45) is 0 Å². The summed E-state index contributed by atoms with van der Waals surface area (Å²) in [7, 11) is 0. The van der Waals surface area contributed by atoms with Crippen molar-refractivity contribution in [3.8, 4) is 0 Å². The standard InChI is InChI=1S/C29H34F3N3O4S/c30-29(31,32)20-5-3-18-7-10-34(28(37)22(18)14-20)17-26(36)33-23-15-35(21-2-1-11-38-12-8-21)16-25(23)39-24-6-4-19-9-13-40-27(19)24/h3,5,9,13-14,21,23-25H,1-2,4,6-8,10-12,15-17H2,(H,33,36). The first kappa shape index (κ1) is 27.7. The highest BCUT2D eigenvalue weighted by Crippen LogP contribution is 2.40. The number of thiophene rings is 1. The highest BCUT2D eigenvalue weighted by atomic mass is 32.1. The van der Waals surface area contributed by atoms with Gasteiger partial charge in [0.05, 0.1) is 30.4 Å². The van der Waals surface area contributed by atoms with Gasteiger partial charge in [-0.15, -0.1) is 11.3 Å². The summed E-state index contributed by atoms with van der Waals surface area (Å²) in [5.41, 5.74) is 1.07. The largest absolute Gasteiger partial charge is 0.416 e. The van der Waals surface area contributed by atoms with Crippen LogP contribution in [-0.2, 0) is 33.3 Å². The lowest BCUT2D eigenvalue weighted by Gasteiger charge is -2.30. The third-order valence-electron chi connectivity index (χ3n) is 8.61.